The lowest BCUT2D eigenvalue weighted by molar-refractivity contribution is 0.0684. The van der Waals surface area contributed by atoms with Gasteiger partial charge in [-0.2, -0.15) is 5.10 Å². The zero-order valence-corrected chi connectivity index (χ0v) is 8.74. The fraction of sp³-hybridized carbons (Fsp3) is 0.400. The van der Waals surface area contributed by atoms with Crippen molar-refractivity contribution in [1.29, 1.82) is 0 Å². The average molecular weight is 207 g/mol. The van der Waals surface area contributed by atoms with E-state index < -0.39 is 5.97 Å². The Hall–Kier alpha value is -1.80. The highest BCUT2D eigenvalue weighted by Gasteiger charge is 2.17. The van der Waals surface area contributed by atoms with Crippen LogP contribution in [0.15, 0.2) is 0 Å². The molecule has 0 radical (unpaired) electrons. The molecule has 5 nitrogen and oxygen atoms in total. The lowest BCUT2D eigenvalue weighted by Crippen LogP contribution is -2.07. The fourth-order valence-corrected chi connectivity index (χ4v) is 1.28. The molecule has 0 unspecified atom stereocenters. The molecule has 5 heteroatoms. The molecular weight excluding hydrogens is 194 g/mol. The summed E-state index contributed by atoms with van der Waals surface area (Å²) >= 11 is 0. The molecule has 1 rings (SSSR count). The van der Waals surface area contributed by atoms with Crippen LogP contribution >= 0.6 is 0 Å². The quantitative estimate of drug-likeness (QED) is 0.675. The number of aromatic carboxylic acids is 1. The molecule has 15 heavy (non-hydrogen) atoms. The van der Waals surface area contributed by atoms with Crippen molar-refractivity contribution in [3.05, 3.63) is 17.0 Å². The van der Waals surface area contributed by atoms with Crippen molar-refractivity contribution >= 4 is 5.97 Å². The molecule has 1 aromatic rings. The predicted octanol–water partition coefficient (Wildman–Crippen LogP) is 0.127. The molecule has 0 aliphatic carbocycles. The van der Waals surface area contributed by atoms with E-state index >= 15 is 0 Å². The van der Waals surface area contributed by atoms with Gasteiger partial charge in [0.2, 0.25) is 0 Å². The van der Waals surface area contributed by atoms with Crippen LogP contribution in [-0.4, -0.2) is 27.4 Å². The Labute approximate surface area is 87.9 Å². The Morgan fingerprint density at radius 3 is 2.87 bits per heavy atom. The van der Waals surface area contributed by atoms with Gasteiger partial charge in [0.25, 0.3) is 0 Å². The van der Waals surface area contributed by atoms with Crippen LogP contribution in [0, 0.1) is 18.8 Å². The van der Waals surface area contributed by atoms with Gasteiger partial charge in [-0.3, -0.25) is 4.68 Å². The number of hydrogen-bond donors (Lipinski definition) is 2. The molecule has 0 atom stereocenters. The number of carboxylic acid groups (broad SMARTS) is 1. The number of aryl methyl sites for hydroxylation is 2. The number of nitrogens with zero attached hydrogens (tertiary/aromatic N) is 2. The molecule has 0 spiro atoms. The molecular formula is C10H13N3O2. The topological polar surface area (TPSA) is 81.1 Å². The first-order valence-corrected chi connectivity index (χ1v) is 4.53. The molecule has 0 aromatic carbocycles. The minimum atomic E-state index is -1.02. The number of carbonyl (C=O) groups is 1. The van der Waals surface area contributed by atoms with Gasteiger partial charge in [-0.1, -0.05) is 11.8 Å². The van der Waals surface area contributed by atoms with Crippen molar-refractivity contribution in [2.24, 2.45) is 12.8 Å². The summed E-state index contributed by atoms with van der Waals surface area (Å²) in [6.07, 6.45) is 0.549. The lowest BCUT2D eigenvalue weighted by Gasteiger charge is -1.94. The maximum absolute atomic E-state index is 10.9. The maximum Gasteiger partial charge on any atom is 0.355 e. The first-order valence-electron chi connectivity index (χ1n) is 4.53. The number of aromatic nitrogens is 2. The third kappa shape index (κ3) is 2.36. The first kappa shape index (κ1) is 11.3. The van der Waals surface area contributed by atoms with Crippen LogP contribution < -0.4 is 5.73 Å². The van der Waals surface area contributed by atoms with E-state index in [4.69, 9.17) is 10.8 Å². The number of nitrogens with two attached hydrogens (primary N) is 1. The zero-order valence-electron chi connectivity index (χ0n) is 8.74. The van der Waals surface area contributed by atoms with Crippen molar-refractivity contribution in [1.82, 2.24) is 9.78 Å². The Kier molecular flexibility index (Phi) is 3.47. The molecule has 80 valence electrons. The van der Waals surface area contributed by atoms with Crippen LogP contribution in [0.2, 0.25) is 0 Å². The molecule has 0 saturated carbocycles. The summed E-state index contributed by atoms with van der Waals surface area (Å²) in [6.45, 7) is 2.20. The molecule has 0 bridgehead atoms. The largest absolute Gasteiger partial charge is 0.476 e. The highest BCUT2D eigenvalue weighted by molar-refractivity contribution is 5.89. The highest BCUT2D eigenvalue weighted by atomic mass is 16.4. The average Bonchev–Trinajstić information content (AvgIpc) is 2.42. The number of hydrogen-bond acceptors (Lipinski definition) is 3. The summed E-state index contributed by atoms with van der Waals surface area (Å²) in [5, 5.41) is 13.0. The zero-order chi connectivity index (χ0) is 11.4. The van der Waals surface area contributed by atoms with Gasteiger partial charge in [0.15, 0.2) is 5.69 Å². The van der Waals surface area contributed by atoms with E-state index in [1.54, 1.807) is 14.0 Å². The summed E-state index contributed by atoms with van der Waals surface area (Å²) in [7, 11) is 1.59. The van der Waals surface area contributed by atoms with Crippen LogP contribution in [0.25, 0.3) is 0 Å². The SMILES string of the molecule is Cc1nn(C)c(C(=O)O)c1C#CCCN. The second kappa shape index (κ2) is 4.62. The molecule has 3 N–H and O–H groups in total. The minimum Gasteiger partial charge on any atom is -0.476 e. The summed E-state index contributed by atoms with van der Waals surface area (Å²) in [5.41, 5.74) is 6.51. The van der Waals surface area contributed by atoms with Crippen LogP contribution in [0.5, 0.6) is 0 Å². The van der Waals surface area contributed by atoms with Crippen molar-refractivity contribution in [2.75, 3.05) is 6.54 Å². The second-order valence-electron chi connectivity index (χ2n) is 3.08. The highest BCUT2D eigenvalue weighted by Crippen LogP contribution is 2.11. The van der Waals surface area contributed by atoms with Gasteiger partial charge < -0.3 is 10.8 Å². The molecule has 1 aromatic heterocycles. The van der Waals surface area contributed by atoms with Crippen LogP contribution in [-0.2, 0) is 7.05 Å². The molecule has 0 aliphatic rings. The van der Waals surface area contributed by atoms with E-state index in [0.29, 0.717) is 24.2 Å². The van der Waals surface area contributed by atoms with Crippen LogP contribution in [0.3, 0.4) is 0 Å². The molecule has 0 aliphatic heterocycles. The van der Waals surface area contributed by atoms with Crippen molar-refractivity contribution in [2.45, 2.75) is 13.3 Å². The summed E-state index contributed by atoms with van der Waals surface area (Å²) < 4.78 is 1.32. The third-order valence-corrected chi connectivity index (χ3v) is 1.91. The smallest absolute Gasteiger partial charge is 0.355 e. The van der Waals surface area contributed by atoms with E-state index in [-0.39, 0.29) is 5.69 Å². The summed E-state index contributed by atoms with van der Waals surface area (Å²) in [5.74, 6) is 4.58. The maximum atomic E-state index is 10.9. The van der Waals surface area contributed by atoms with Gasteiger partial charge >= 0.3 is 5.97 Å². The van der Waals surface area contributed by atoms with E-state index in [1.165, 1.54) is 4.68 Å². The minimum absolute atomic E-state index is 0.122. The molecule has 0 amide bonds. The Morgan fingerprint density at radius 2 is 2.33 bits per heavy atom. The second-order valence-corrected chi connectivity index (χ2v) is 3.08. The molecule has 1 heterocycles. The van der Waals surface area contributed by atoms with Crippen molar-refractivity contribution < 1.29 is 9.90 Å². The molecule has 0 saturated heterocycles. The number of rotatable bonds is 2. The lowest BCUT2D eigenvalue weighted by atomic mass is 10.2. The first-order chi connectivity index (χ1) is 7.07. The van der Waals surface area contributed by atoms with E-state index in [0.717, 1.165) is 0 Å². The standard InChI is InChI=1S/C10H13N3O2/c1-7-8(5-3-4-6-11)9(10(14)15)13(2)12-7/h4,6,11H2,1-2H3,(H,14,15). The Bertz CT molecular complexity index is 438. The van der Waals surface area contributed by atoms with Gasteiger partial charge in [0.1, 0.15) is 0 Å². The number of carboxylic acids is 1. The normalized spacial score (nSPS) is 9.53. The van der Waals surface area contributed by atoms with Crippen LogP contribution in [0.1, 0.15) is 28.2 Å². The Balaban J connectivity index is 3.17. The van der Waals surface area contributed by atoms with Gasteiger partial charge in [-0.15, -0.1) is 0 Å². The Morgan fingerprint density at radius 1 is 1.67 bits per heavy atom. The van der Waals surface area contributed by atoms with Gasteiger partial charge in [0.05, 0.1) is 11.3 Å². The molecule has 0 fully saturated rings. The fourth-order valence-electron chi connectivity index (χ4n) is 1.28. The van der Waals surface area contributed by atoms with Gasteiger partial charge in [-0.25, -0.2) is 4.79 Å². The van der Waals surface area contributed by atoms with E-state index in [2.05, 4.69) is 16.9 Å². The van der Waals surface area contributed by atoms with E-state index in [1.807, 2.05) is 0 Å². The summed E-state index contributed by atoms with van der Waals surface area (Å²) in [6, 6.07) is 0. The van der Waals surface area contributed by atoms with Crippen molar-refractivity contribution in [3.8, 4) is 11.8 Å². The van der Waals surface area contributed by atoms with Crippen LogP contribution in [0.4, 0.5) is 0 Å². The van der Waals surface area contributed by atoms with Gasteiger partial charge in [0, 0.05) is 20.0 Å². The monoisotopic (exact) mass is 207 g/mol. The van der Waals surface area contributed by atoms with Gasteiger partial charge in [-0.05, 0) is 6.92 Å². The predicted molar refractivity (Wildman–Crippen MR) is 55.5 cm³/mol. The summed E-state index contributed by atoms with van der Waals surface area (Å²) in [4.78, 5) is 10.9. The third-order valence-electron chi connectivity index (χ3n) is 1.91. The van der Waals surface area contributed by atoms with E-state index in [9.17, 15) is 4.79 Å². The van der Waals surface area contributed by atoms with Crippen molar-refractivity contribution in [3.63, 3.8) is 0 Å².